The van der Waals surface area contributed by atoms with Gasteiger partial charge in [-0.2, -0.15) is 0 Å². The molecular weight excluding hydrogens is 384 g/mol. The van der Waals surface area contributed by atoms with Crippen LogP contribution < -0.4 is 5.32 Å². The Bertz CT molecular complexity index is 1020. The molecule has 0 aliphatic rings. The molecule has 1 unspecified atom stereocenters. The van der Waals surface area contributed by atoms with E-state index in [1.165, 1.54) is 0 Å². The van der Waals surface area contributed by atoms with Gasteiger partial charge in [0.15, 0.2) is 0 Å². The summed E-state index contributed by atoms with van der Waals surface area (Å²) in [6.45, 7) is 3.86. The van der Waals surface area contributed by atoms with Crippen molar-refractivity contribution in [3.8, 4) is 0 Å². The Morgan fingerprint density at radius 1 is 0.931 bits per heavy atom. The van der Waals surface area contributed by atoms with Gasteiger partial charge in [0.2, 0.25) is 0 Å². The molecule has 0 saturated carbocycles. The van der Waals surface area contributed by atoms with Crippen LogP contribution in [0.4, 0.5) is 5.69 Å². The number of nitrogens with one attached hydrogen (secondary N) is 1. The van der Waals surface area contributed by atoms with E-state index in [0.717, 1.165) is 11.1 Å². The number of amides is 2. The molecule has 0 bridgehead atoms. The molecular formula is C24H23ClN2O2. The zero-order valence-electron chi connectivity index (χ0n) is 16.6. The van der Waals surface area contributed by atoms with Crippen LogP contribution in [0, 0.1) is 6.92 Å². The predicted molar refractivity (Wildman–Crippen MR) is 118 cm³/mol. The summed E-state index contributed by atoms with van der Waals surface area (Å²) >= 11 is 5.96. The van der Waals surface area contributed by atoms with Gasteiger partial charge in [0.25, 0.3) is 11.8 Å². The van der Waals surface area contributed by atoms with Crippen LogP contribution in [0.1, 0.15) is 44.8 Å². The highest BCUT2D eigenvalue weighted by atomic mass is 35.5. The first-order valence-electron chi connectivity index (χ1n) is 9.36. The number of benzene rings is 3. The molecule has 5 heteroatoms. The van der Waals surface area contributed by atoms with Crippen molar-refractivity contribution >= 4 is 29.1 Å². The van der Waals surface area contributed by atoms with Gasteiger partial charge in [-0.15, -0.1) is 0 Å². The van der Waals surface area contributed by atoms with Crippen molar-refractivity contribution in [3.05, 3.63) is 100 Å². The first kappa shape index (κ1) is 20.6. The number of halogens is 1. The minimum Gasteiger partial charge on any atom is -0.335 e. The number of carbonyl (C=O) groups excluding carboxylic acids is 2. The van der Waals surface area contributed by atoms with E-state index in [1.54, 1.807) is 36.2 Å². The molecule has 3 rings (SSSR count). The van der Waals surface area contributed by atoms with Gasteiger partial charge in [-0.3, -0.25) is 9.59 Å². The highest BCUT2D eigenvalue weighted by Crippen LogP contribution is 2.24. The minimum atomic E-state index is -0.207. The third-order valence-electron chi connectivity index (χ3n) is 5.02. The van der Waals surface area contributed by atoms with Crippen molar-refractivity contribution < 1.29 is 9.59 Å². The van der Waals surface area contributed by atoms with Crippen molar-refractivity contribution in [2.24, 2.45) is 0 Å². The molecule has 0 aliphatic heterocycles. The Kier molecular flexibility index (Phi) is 6.35. The largest absolute Gasteiger partial charge is 0.335 e. The van der Waals surface area contributed by atoms with Gasteiger partial charge in [-0.1, -0.05) is 48.0 Å². The van der Waals surface area contributed by atoms with Crippen molar-refractivity contribution in [2.45, 2.75) is 19.9 Å². The molecule has 148 valence electrons. The summed E-state index contributed by atoms with van der Waals surface area (Å²) in [5, 5.41) is 3.56. The van der Waals surface area contributed by atoms with Crippen LogP contribution in [0.15, 0.2) is 72.8 Å². The van der Waals surface area contributed by atoms with Crippen LogP contribution in [0.5, 0.6) is 0 Å². The van der Waals surface area contributed by atoms with Crippen LogP contribution in [0.3, 0.4) is 0 Å². The van der Waals surface area contributed by atoms with Crippen LogP contribution in [-0.4, -0.2) is 23.8 Å². The summed E-state index contributed by atoms with van der Waals surface area (Å²) < 4.78 is 0. The van der Waals surface area contributed by atoms with Crippen LogP contribution >= 0.6 is 11.6 Å². The van der Waals surface area contributed by atoms with Crippen molar-refractivity contribution in [3.63, 3.8) is 0 Å². The zero-order valence-corrected chi connectivity index (χ0v) is 17.4. The summed E-state index contributed by atoms with van der Waals surface area (Å²) in [7, 11) is 1.77. The van der Waals surface area contributed by atoms with E-state index in [4.69, 9.17) is 11.6 Å². The normalized spacial score (nSPS) is 11.6. The first-order valence-corrected chi connectivity index (χ1v) is 9.74. The smallest absolute Gasteiger partial charge is 0.255 e. The lowest BCUT2D eigenvalue weighted by Gasteiger charge is -2.26. The number of nitrogens with zero attached hydrogens (tertiary/aromatic N) is 1. The molecule has 1 atom stereocenters. The van der Waals surface area contributed by atoms with Crippen molar-refractivity contribution in [1.82, 2.24) is 4.90 Å². The summed E-state index contributed by atoms with van der Waals surface area (Å²) in [5.41, 5.74) is 3.59. The van der Waals surface area contributed by atoms with Crippen molar-refractivity contribution in [1.29, 1.82) is 0 Å². The quantitative estimate of drug-likeness (QED) is 0.587. The summed E-state index contributed by atoms with van der Waals surface area (Å²) in [6, 6.07) is 21.7. The van der Waals surface area contributed by atoms with E-state index in [0.29, 0.717) is 21.8 Å². The summed E-state index contributed by atoms with van der Waals surface area (Å²) in [5.74, 6) is -0.330. The molecule has 0 aliphatic carbocycles. The fraction of sp³-hybridized carbons (Fsp3) is 0.167. The van der Waals surface area contributed by atoms with Gasteiger partial charge in [0.05, 0.1) is 6.04 Å². The fourth-order valence-electron chi connectivity index (χ4n) is 3.02. The second-order valence-electron chi connectivity index (χ2n) is 6.99. The van der Waals surface area contributed by atoms with E-state index in [9.17, 15) is 9.59 Å². The van der Waals surface area contributed by atoms with Gasteiger partial charge in [0.1, 0.15) is 0 Å². The molecule has 0 spiro atoms. The van der Waals surface area contributed by atoms with Gasteiger partial charge < -0.3 is 10.2 Å². The van der Waals surface area contributed by atoms with Crippen LogP contribution in [0.25, 0.3) is 0 Å². The standard InChI is InChI=1S/C24H23ClN2O2/c1-16-9-10-20(15-22(16)26-23(28)19-7-5-4-6-8-19)24(29)27(3)17(2)18-11-13-21(25)14-12-18/h4-15,17H,1-3H3,(H,26,28). The molecule has 0 radical (unpaired) electrons. The average Bonchev–Trinajstić information content (AvgIpc) is 2.75. The maximum Gasteiger partial charge on any atom is 0.255 e. The summed E-state index contributed by atoms with van der Waals surface area (Å²) in [6.07, 6.45) is 0. The number of carbonyl (C=O) groups is 2. The van der Waals surface area contributed by atoms with E-state index in [2.05, 4.69) is 5.32 Å². The fourth-order valence-corrected chi connectivity index (χ4v) is 3.14. The lowest BCUT2D eigenvalue weighted by atomic mass is 10.0. The number of anilines is 1. The molecule has 1 N–H and O–H groups in total. The van der Waals surface area contributed by atoms with E-state index in [-0.39, 0.29) is 17.9 Å². The molecule has 29 heavy (non-hydrogen) atoms. The molecule has 0 saturated heterocycles. The molecule has 0 aromatic heterocycles. The molecule has 2 amide bonds. The maximum absolute atomic E-state index is 13.0. The van der Waals surface area contributed by atoms with Gasteiger partial charge in [-0.05, 0) is 61.4 Å². The molecule has 3 aromatic rings. The lowest BCUT2D eigenvalue weighted by Crippen LogP contribution is -2.29. The van der Waals surface area contributed by atoms with Gasteiger partial charge >= 0.3 is 0 Å². The Morgan fingerprint density at radius 2 is 1.59 bits per heavy atom. The zero-order chi connectivity index (χ0) is 21.0. The molecule has 4 nitrogen and oxygen atoms in total. The Morgan fingerprint density at radius 3 is 2.24 bits per heavy atom. The number of hydrogen-bond donors (Lipinski definition) is 1. The average molecular weight is 407 g/mol. The van der Waals surface area contributed by atoms with Crippen molar-refractivity contribution in [2.75, 3.05) is 12.4 Å². The third kappa shape index (κ3) is 4.84. The van der Waals surface area contributed by atoms with E-state index >= 15 is 0 Å². The molecule has 3 aromatic carbocycles. The number of hydrogen-bond acceptors (Lipinski definition) is 2. The molecule has 0 heterocycles. The SMILES string of the molecule is Cc1ccc(C(=O)N(C)C(C)c2ccc(Cl)cc2)cc1NC(=O)c1ccccc1. The topological polar surface area (TPSA) is 49.4 Å². The second kappa shape index (κ2) is 8.93. The Labute approximate surface area is 176 Å². The first-order chi connectivity index (χ1) is 13.9. The van der Waals surface area contributed by atoms with Crippen LogP contribution in [0.2, 0.25) is 5.02 Å². The monoisotopic (exact) mass is 406 g/mol. The number of rotatable bonds is 5. The summed E-state index contributed by atoms with van der Waals surface area (Å²) in [4.78, 5) is 27.2. The minimum absolute atomic E-state index is 0.122. The van der Waals surface area contributed by atoms with Crippen LogP contribution in [-0.2, 0) is 0 Å². The van der Waals surface area contributed by atoms with Gasteiger partial charge in [-0.25, -0.2) is 0 Å². The Balaban J connectivity index is 1.79. The van der Waals surface area contributed by atoms with Gasteiger partial charge in [0, 0.05) is 28.9 Å². The maximum atomic E-state index is 13.0. The number of aryl methyl sites for hydroxylation is 1. The second-order valence-corrected chi connectivity index (χ2v) is 7.43. The highest BCUT2D eigenvalue weighted by molar-refractivity contribution is 6.30. The highest BCUT2D eigenvalue weighted by Gasteiger charge is 2.20. The third-order valence-corrected chi connectivity index (χ3v) is 5.27. The Hall–Kier alpha value is -3.11. The lowest BCUT2D eigenvalue weighted by molar-refractivity contribution is 0.0742. The predicted octanol–water partition coefficient (Wildman–Crippen LogP) is 5.73. The van der Waals surface area contributed by atoms with E-state index in [1.807, 2.05) is 62.4 Å². The molecule has 0 fully saturated rings. The van der Waals surface area contributed by atoms with E-state index < -0.39 is 0 Å².